The monoisotopic (exact) mass is 596 g/mol. The Morgan fingerprint density at radius 2 is 0.884 bits per heavy atom. The Kier molecular flexibility index (Phi) is 9.16. The first-order chi connectivity index (χ1) is 19.6. The second-order valence-corrected chi connectivity index (χ2v) is 16.9. The summed E-state index contributed by atoms with van der Waals surface area (Å²) in [4.78, 5) is 0. The van der Waals surface area contributed by atoms with Crippen molar-refractivity contribution in [2.45, 2.75) is 119 Å². The number of benzene rings is 2. The van der Waals surface area contributed by atoms with Gasteiger partial charge in [0.1, 0.15) is 11.5 Å². The molecule has 0 aromatic heterocycles. The van der Waals surface area contributed by atoms with E-state index in [1.165, 1.54) is 11.1 Å². The first-order valence-electron chi connectivity index (χ1n) is 15.8. The quantitative estimate of drug-likeness (QED) is 0.353. The number of aryl methyl sites for hydroxylation is 2. The highest BCUT2D eigenvalue weighted by molar-refractivity contribution is 5.47. The van der Waals surface area contributed by atoms with Gasteiger partial charge in [0.25, 0.3) is 0 Å². The maximum Gasteiger partial charge on any atom is 0.162 e. The molecule has 6 heteroatoms. The minimum atomic E-state index is -0.353. The lowest BCUT2D eigenvalue weighted by Crippen LogP contribution is -2.56. The number of hydrogen-bond acceptors (Lipinski definition) is 6. The first kappa shape index (κ1) is 33.8. The molecule has 2 aliphatic rings. The van der Waals surface area contributed by atoms with E-state index in [1.54, 1.807) is 0 Å². The molecule has 0 unspecified atom stereocenters. The fraction of sp³-hybridized carbons (Fsp3) is 0.676. The third kappa shape index (κ3) is 7.41. The zero-order chi connectivity index (χ0) is 32.2. The van der Waals surface area contributed by atoms with Crippen LogP contribution in [0.4, 0.5) is 0 Å². The van der Waals surface area contributed by atoms with E-state index in [9.17, 15) is 10.2 Å². The first-order valence-corrected chi connectivity index (χ1v) is 15.8. The maximum absolute atomic E-state index is 10.7. The summed E-state index contributed by atoms with van der Waals surface area (Å²) in [6.45, 7) is 27.5. The van der Waals surface area contributed by atoms with Crippen molar-refractivity contribution in [2.75, 3.05) is 26.4 Å². The van der Waals surface area contributed by atoms with Crippen LogP contribution in [0.5, 0.6) is 11.5 Å². The molecule has 2 aromatic carbocycles. The summed E-state index contributed by atoms with van der Waals surface area (Å²) in [7, 11) is 0. The molecular formula is C37H56O6. The standard InChI is InChI=1S/C37H56O6/c1-23-13-25(15-27(29(23)38)33(3,4)5)17-35(9,10)31-40-19-37(20-41-31)21-42-32(43-22-37)36(11,12)18-26-14-24(2)30(39)28(16-26)34(6,7)8/h13-16,31-32,38-39H,17-22H2,1-12H3. The third-order valence-corrected chi connectivity index (χ3v) is 9.10. The molecule has 2 aliphatic heterocycles. The van der Waals surface area contributed by atoms with Crippen LogP contribution in [0.3, 0.4) is 0 Å². The van der Waals surface area contributed by atoms with E-state index in [0.29, 0.717) is 37.9 Å². The summed E-state index contributed by atoms with van der Waals surface area (Å²) >= 11 is 0. The summed E-state index contributed by atoms with van der Waals surface area (Å²) in [6, 6.07) is 8.40. The van der Waals surface area contributed by atoms with Crippen molar-refractivity contribution < 1.29 is 29.2 Å². The molecule has 2 N–H and O–H groups in total. The Morgan fingerprint density at radius 1 is 0.581 bits per heavy atom. The van der Waals surface area contributed by atoms with Crippen LogP contribution in [-0.4, -0.2) is 49.2 Å². The predicted molar refractivity (Wildman–Crippen MR) is 172 cm³/mol. The number of phenolic OH excluding ortho intramolecular Hbond substituents is 2. The lowest BCUT2D eigenvalue weighted by Gasteiger charge is -2.49. The van der Waals surface area contributed by atoms with Crippen LogP contribution in [0.25, 0.3) is 0 Å². The van der Waals surface area contributed by atoms with Gasteiger partial charge in [-0.2, -0.15) is 0 Å². The van der Waals surface area contributed by atoms with Gasteiger partial charge in [-0.15, -0.1) is 0 Å². The SMILES string of the molecule is Cc1cc(CC(C)(C)C2OCC3(CO2)COC(C(C)(C)Cc2cc(C)c(O)c(C(C)(C)C)c2)OC3)cc(C(C)(C)C)c1O. The van der Waals surface area contributed by atoms with Crippen molar-refractivity contribution in [2.24, 2.45) is 16.2 Å². The largest absolute Gasteiger partial charge is 0.507 e. The molecule has 4 rings (SSSR count). The minimum absolute atomic E-state index is 0.148. The van der Waals surface area contributed by atoms with Gasteiger partial charge in [-0.1, -0.05) is 93.5 Å². The van der Waals surface area contributed by atoms with Crippen LogP contribution in [0.2, 0.25) is 0 Å². The van der Waals surface area contributed by atoms with Gasteiger partial charge in [-0.25, -0.2) is 0 Å². The summed E-state index contributed by atoms with van der Waals surface area (Å²) in [5.41, 5.74) is 4.90. The molecule has 0 aliphatic carbocycles. The number of aromatic hydroxyl groups is 2. The highest BCUT2D eigenvalue weighted by Gasteiger charge is 2.47. The zero-order valence-corrected chi connectivity index (χ0v) is 28.7. The van der Waals surface area contributed by atoms with Gasteiger partial charge in [0.05, 0.1) is 31.8 Å². The van der Waals surface area contributed by atoms with Crippen LogP contribution in [0.15, 0.2) is 24.3 Å². The van der Waals surface area contributed by atoms with E-state index >= 15 is 0 Å². The highest BCUT2D eigenvalue weighted by atomic mass is 16.7. The summed E-state index contributed by atoms with van der Waals surface area (Å²) < 4.78 is 25.6. The van der Waals surface area contributed by atoms with Gasteiger partial charge in [0, 0.05) is 10.8 Å². The lowest BCUT2D eigenvalue weighted by atomic mass is 9.79. The van der Waals surface area contributed by atoms with Crippen LogP contribution >= 0.6 is 0 Å². The van der Waals surface area contributed by atoms with Gasteiger partial charge in [-0.05, 0) is 70.9 Å². The van der Waals surface area contributed by atoms with Crippen LogP contribution in [-0.2, 0) is 42.6 Å². The van der Waals surface area contributed by atoms with Gasteiger partial charge < -0.3 is 29.2 Å². The molecule has 2 aromatic rings. The van der Waals surface area contributed by atoms with E-state index in [-0.39, 0.29) is 39.7 Å². The molecule has 0 bridgehead atoms. The minimum Gasteiger partial charge on any atom is -0.507 e. The zero-order valence-electron chi connectivity index (χ0n) is 28.7. The average molecular weight is 597 g/mol. The topological polar surface area (TPSA) is 77.4 Å². The molecule has 0 saturated carbocycles. The van der Waals surface area contributed by atoms with E-state index in [2.05, 4.69) is 93.5 Å². The van der Waals surface area contributed by atoms with Crippen molar-refractivity contribution >= 4 is 0 Å². The number of rotatable bonds is 6. The molecule has 43 heavy (non-hydrogen) atoms. The van der Waals surface area contributed by atoms with E-state index in [4.69, 9.17) is 18.9 Å². The molecule has 240 valence electrons. The van der Waals surface area contributed by atoms with Gasteiger partial charge in [0.15, 0.2) is 12.6 Å². The lowest BCUT2D eigenvalue weighted by molar-refractivity contribution is -0.333. The van der Waals surface area contributed by atoms with Gasteiger partial charge in [0.2, 0.25) is 0 Å². The normalized spacial score (nSPS) is 24.0. The summed E-state index contributed by atoms with van der Waals surface area (Å²) in [5, 5.41) is 21.3. The second-order valence-electron chi connectivity index (χ2n) is 16.9. The Labute approximate surface area is 260 Å². The number of ether oxygens (including phenoxy) is 4. The van der Waals surface area contributed by atoms with Crippen molar-refractivity contribution in [1.29, 1.82) is 0 Å². The van der Waals surface area contributed by atoms with Crippen molar-refractivity contribution in [3.63, 3.8) is 0 Å². The molecule has 2 saturated heterocycles. The molecule has 0 radical (unpaired) electrons. The highest BCUT2D eigenvalue weighted by Crippen LogP contribution is 2.42. The van der Waals surface area contributed by atoms with Crippen LogP contribution < -0.4 is 0 Å². The molecule has 6 nitrogen and oxygen atoms in total. The van der Waals surface area contributed by atoms with Crippen molar-refractivity contribution in [3.8, 4) is 11.5 Å². The smallest absolute Gasteiger partial charge is 0.162 e. The average Bonchev–Trinajstić information content (AvgIpc) is 2.87. The maximum atomic E-state index is 10.7. The van der Waals surface area contributed by atoms with E-state index in [1.807, 2.05) is 13.8 Å². The molecule has 2 heterocycles. The van der Waals surface area contributed by atoms with E-state index in [0.717, 1.165) is 35.1 Å². The van der Waals surface area contributed by atoms with Crippen molar-refractivity contribution in [1.82, 2.24) is 0 Å². The Morgan fingerprint density at radius 3 is 1.16 bits per heavy atom. The Balaban J connectivity index is 1.37. The molecule has 0 atom stereocenters. The molecule has 1 spiro atoms. The third-order valence-electron chi connectivity index (χ3n) is 9.10. The van der Waals surface area contributed by atoms with Gasteiger partial charge in [-0.3, -0.25) is 0 Å². The summed E-state index contributed by atoms with van der Waals surface area (Å²) in [5.74, 6) is 0.764. The predicted octanol–water partition coefficient (Wildman–Crippen LogP) is 7.88. The molecule has 2 fully saturated rings. The Bertz CT molecular complexity index is 1190. The van der Waals surface area contributed by atoms with Gasteiger partial charge >= 0.3 is 0 Å². The molecule has 0 amide bonds. The summed E-state index contributed by atoms with van der Waals surface area (Å²) in [6.07, 6.45) is 0.834. The Hall–Kier alpha value is -2.12. The van der Waals surface area contributed by atoms with Crippen LogP contribution in [0, 0.1) is 30.1 Å². The fourth-order valence-corrected chi connectivity index (χ4v) is 6.53. The number of hydrogen-bond donors (Lipinski definition) is 2. The number of phenols is 2. The fourth-order valence-electron chi connectivity index (χ4n) is 6.53. The second kappa shape index (κ2) is 11.7. The van der Waals surface area contributed by atoms with Crippen molar-refractivity contribution in [3.05, 3.63) is 57.6 Å². The van der Waals surface area contributed by atoms with Crippen LogP contribution in [0.1, 0.15) is 103 Å². The van der Waals surface area contributed by atoms with E-state index < -0.39 is 0 Å². The molecular weight excluding hydrogens is 540 g/mol.